The zero-order valence-electron chi connectivity index (χ0n) is 15.0. The van der Waals surface area contributed by atoms with Gasteiger partial charge in [0, 0.05) is 30.2 Å². The van der Waals surface area contributed by atoms with E-state index in [4.69, 9.17) is 16.3 Å². The summed E-state index contributed by atoms with van der Waals surface area (Å²) in [6.07, 6.45) is 1.93. The fraction of sp³-hybridized carbons (Fsp3) is 0.381. The number of rotatable bonds is 5. The standard InChI is InChI=1S/C21H24ClNO3/c1-2-26-20(24)16-7-9-18(10-8-16)23-13-11-21(25,12-14-23)15-17-5-3-4-6-19(17)22/h3-10,25H,2,11-15H2,1H3. The third-order valence-electron chi connectivity index (χ3n) is 4.92. The first-order valence-corrected chi connectivity index (χ1v) is 9.36. The minimum atomic E-state index is -0.730. The predicted molar refractivity (Wildman–Crippen MR) is 104 cm³/mol. The molecule has 0 aliphatic carbocycles. The topological polar surface area (TPSA) is 49.8 Å². The van der Waals surface area contributed by atoms with Gasteiger partial charge in [0.25, 0.3) is 0 Å². The van der Waals surface area contributed by atoms with E-state index in [1.807, 2.05) is 36.4 Å². The summed E-state index contributed by atoms with van der Waals surface area (Å²) in [6.45, 7) is 3.69. The van der Waals surface area contributed by atoms with Crippen LogP contribution in [-0.4, -0.2) is 36.4 Å². The first kappa shape index (κ1) is 18.7. The second-order valence-corrected chi connectivity index (χ2v) is 7.15. The molecule has 0 saturated carbocycles. The highest BCUT2D eigenvalue weighted by Crippen LogP contribution is 2.31. The fourth-order valence-corrected chi connectivity index (χ4v) is 3.58. The number of anilines is 1. The van der Waals surface area contributed by atoms with E-state index < -0.39 is 5.60 Å². The second kappa shape index (κ2) is 8.11. The summed E-state index contributed by atoms with van der Waals surface area (Å²) in [7, 11) is 0. The Balaban J connectivity index is 1.61. The van der Waals surface area contributed by atoms with E-state index in [0.29, 0.717) is 36.5 Å². The van der Waals surface area contributed by atoms with Gasteiger partial charge in [-0.3, -0.25) is 0 Å². The molecule has 1 N–H and O–H groups in total. The van der Waals surface area contributed by atoms with Gasteiger partial charge in [0.2, 0.25) is 0 Å². The highest BCUT2D eigenvalue weighted by atomic mass is 35.5. The van der Waals surface area contributed by atoms with Gasteiger partial charge in [-0.05, 0) is 55.7 Å². The Morgan fingerprint density at radius 1 is 1.15 bits per heavy atom. The largest absolute Gasteiger partial charge is 0.462 e. The Kier molecular flexibility index (Phi) is 5.84. The highest BCUT2D eigenvalue weighted by molar-refractivity contribution is 6.31. The molecule has 0 aromatic heterocycles. The van der Waals surface area contributed by atoms with Crippen LogP contribution in [0.1, 0.15) is 35.7 Å². The number of esters is 1. The lowest BCUT2D eigenvalue weighted by atomic mass is 9.85. The second-order valence-electron chi connectivity index (χ2n) is 6.75. The molecule has 1 aliphatic heterocycles. The lowest BCUT2D eigenvalue weighted by molar-refractivity contribution is 0.0165. The quantitative estimate of drug-likeness (QED) is 0.802. The molecule has 0 atom stereocenters. The Morgan fingerprint density at radius 3 is 2.42 bits per heavy atom. The molecule has 1 fully saturated rings. The summed E-state index contributed by atoms with van der Waals surface area (Å²) < 4.78 is 5.01. The number of aliphatic hydroxyl groups is 1. The first-order valence-electron chi connectivity index (χ1n) is 8.99. The number of hydrogen-bond acceptors (Lipinski definition) is 4. The van der Waals surface area contributed by atoms with E-state index >= 15 is 0 Å². The average Bonchev–Trinajstić information content (AvgIpc) is 2.65. The highest BCUT2D eigenvalue weighted by Gasteiger charge is 2.33. The maximum atomic E-state index is 11.7. The zero-order chi connectivity index (χ0) is 18.6. The number of nitrogens with zero attached hydrogens (tertiary/aromatic N) is 1. The van der Waals surface area contributed by atoms with Crippen molar-refractivity contribution in [1.82, 2.24) is 0 Å². The molecule has 0 unspecified atom stereocenters. The van der Waals surface area contributed by atoms with Crippen LogP contribution in [0.2, 0.25) is 5.02 Å². The fourth-order valence-electron chi connectivity index (χ4n) is 3.38. The molecule has 0 amide bonds. The number of hydrogen-bond donors (Lipinski definition) is 1. The predicted octanol–water partition coefficient (Wildman–Crippen LogP) is 4.09. The minimum Gasteiger partial charge on any atom is -0.462 e. The van der Waals surface area contributed by atoms with Crippen LogP contribution in [0.5, 0.6) is 0 Å². The van der Waals surface area contributed by atoms with Gasteiger partial charge >= 0.3 is 5.97 Å². The van der Waals surface area contributed by atoms with Gasteiger partial charge in [0.05, 0.1) is 17.8 Å². The molecule has 0 radical (unpaired) electrons. The van der Waals surface area contributed by atoms with Crippen LogP contribution in [0.25, 0.3) is 0 Å². The van der Waals surface area contributed by atoms with Gasteiger partial charge in [-0.25, -0.2) is 4.79 Å². The van der Waals surface area contributed by atoms with Crippen LogP contribution in [0.3, 0.4) is 0 Å². The summed E-state index contributed by atoms with van der Waals surface area (Å²) in [4.78, 5) is 14.0. The van der Waals surface area contributed by atoms with Crippen molar-refractivity contribution in [1.29, 1.82) is 0 Å². The number of carbonyl (C=O) groups is 1. The molecular weight excluding hydrogens is 350 g/mol. The van der Waals surface area contributed by atoms with Crippen LogP contribution in [0.4, 0.5) is 5.69 Å². The molecule has 26 heavy (non-hydrogen) atoms. The molecule has 4 nitrogen and oxygen atoms in total. The molecular formula is C21H24ClNO3. The average molecular weight is 374 g/mol. The lowest BCUT2D eigenvalue weighted by Gasteiger charge is -2.39. The zero-order valence-corrected chi connectivity index (χ0v) is 15.7. The van der Waals surface area contributed by atoms with Crippen molar-refractivity contribution in [2.45, 2.75) is 31.8 Å². The van der Waals surface area contributed by atoms with E-state index in [2.05, 4.69) is 4.90 Å². The van der Waals surface area contributed by atoms with E-state index in [1.54, 1.807) is 19.1 Å². The molecule has 0 bridgehead atoms. The minimum absolute atomic E-state index is 0.299. The maximum absolute atomic E-state index is 11.7. The monoisotopic (exact) mass is 373 g/mol. The number of halogens is 1. The maximum Gasteiger partial charge on any atom is 0.338 e. The van der Waals surface area contributed by atoms with Crippen molar-refractivity contribution < 1.29 is 14.6 Å². The van der Waals surface area contributed by atoms with Gasteiger partial charge in [-0.15, -0.1) is 0 Å². The molecule has 1 aliphatic rings. The van der Waals surface area contributed by atoms with Crippen LogP contribution in [0.15, 0.2) is 48.5 Å². The van der Waals surface area contributed by atoms with E-state index in [-0.39, 0.29) is 5.97 Å². The molecule has 138 valence electrons. The lowest BCUT2D eigenvalue weighted by Crippen LogP contribution is -2.45. The number of benzene rings is 2. The third-order valence-corrected chi connectivity index (χ3v) is 5.28. The number of ether oxygens (including phenoxy) is 1. The van der Waals surface area contributed by atoms with Gasteiger partial charge in [0.15, 0.2) is 0 Å². The third kappa shape index (κ3) is 4.37. The Bertz CT molecular complexity index is 752. The van der Waals surface area contributed by atoms with Crippen molar-refractivity contribution >= 4 is 23.3 Å². The summed E-state index contributed by atoms with van der Waals surface area (Å²) in [6, 6.07) is 15.1. The van der Waals surface area contributed by atoms with E-state index in [0.717, 1.165) is 24.3 Å². The van der Waals surface area contributed by atoms with Crippen molar-refractivity contribution in [3.63, 3.8) is 0 Å². The smallest absolute Gasteiger partial charge is 0.338 e. The molecule has 1 saturated heterocycles. The number of carbonyl (C=O) groups excluding carboxylic acids is 1. The SMILES string of the molecule is CCOC(=O)c1ccc(N2CCC(O)(Cc3ccccc3Cl)CC2)cc1. The normalized spacial score (nSPS) is 16.3. The molecule has 2 aromatic carbocycles. The van der Waals surface area contributed by atoms with Crippen LogP contribution in [-0.2, 0) is 11.2 Å². The Morgan fingerprint density at radius 2 is 1.81 bits per heavy atom. The van der Waals surface area contributed by atoms with Crippen molar-refractivity contribution in [2.24, 2.45) is 0 Å². The summed E-state index contributed by atoms with van der Waals surface area (Å²) in [5.74, 6) is -0.299. The summed E-state index contributed by atoms with van der Waals surface area (Å²) in [5.41, 5.74) is 1.87. The van der Waals surface area contributed by atoms with Gasteiger partial charge in [-0.2, -0.15) is 0 Å². The van der Waals surface area contributed by atoms with Gasteiger partial charge in [-0.1, -0.05) is 29.8 Å². The van der Waals surface area contributed by atoms with Crippen molar-refractivity contribution in [3.8, 4) is 0 Å². The van der Waals surface area contributed by atoms with Crippen molar-refractivity contribution in [2.75, 3.05) is 24.6 Å². The summed E-state index contributed by atoms with van der Waals surface area (Å²) in [5, 5.41) is 11.6. The molecule has 3 rings (SSSR count). The van der Waals surface area contributed by atoms with Crippen LogP contribution < -0.4 is 4.90 Å². The summed E-state index contributed by atoms with van der Waals surface area (Å²) >= 11 is 6.23. The Labute approximate surface area is 159 Å². The van der Waals surface area contributed by atoms with E-state index in [9.17, 15) is 9.90 Å². The number of piperidine rings is 1. The van der Waals surface area contributed by atoms with Crippen LogP contribution in [0, 0.1) is 0 Å². The molecule has 1 heterocycles. The van der Waals surface area contributed by atoms with Gasteiger partial charge < -0.3 is 14.7 Å². The van der Waals surface area contributed by atoms with Gasteiger partial charge in [0.1, 0.15) is 0 Å². The van der Waals surface area contributed by atoms with Crippen molar-refractivity contribution in [3.05, 3.63) is 64.7 Å². The first-order chi connectivity index (χ1) is 12.5. The molecule has 0 spiro atoms. The molecule has 5 heteroatoms. The Hall–Kier alpha value is -2.04. The molecule has 2 aromatic rings. The van der Waals surface area contributed by atoms with E-state index in [1.165, 1.54) is 0 Å². The van der Waals surface area contributed by atoms with Crippen LogP contribution >= 0.6 is 11.6 Å².